The minimum absolute atomic E-state index is 0.673. The molecule has 1 N–H and O–H groups in total. The summed E-state index contributed by atoms with van der Waals surface area (Å²) in [6.07, 6.45) is 14.4. The summed E-state index contributed by atoms with van der Waals surface area (Å²) in [4.78, 5) is 2.70. The number of hydrogen-bond acceptors (Lipinski definition) is 2. The van der Waals surface area contributed by atoms with Gasteiger partial charge >= 0.3 is 0 Å². The molecule has 0 aromatic heterocycles. The molecule has 3 rings (SSSR count). The van der Waals surface area contributed by atoms with Crippen molar-refractivity contribution in [3.63, 3.8) is 0 Å². The fourth-order valence-corrected chi connectivity index (χ4v) is 3.63. The third-order valence-corrected chi connectivity index (χ3v) is 4.52. The van der Waals surface area contributed by atoms with E-state index in [9.17, 15) is 0 Å². The van der Waals surface area contributed by atoms with E-state index in [1.54, 1.807) is 0 Å². The fourth-order valence-electron chi connectivity index (χ4n) is 3.63. The Bertz CT molecular complexity index is 261. The zero-order chi connectivity index (χ0) is 10.8. The maximum atomic E-state index is 3.86. The van der Waals surface area contributed by atoms with E-state index >= 15 is 0 Å². The van der Waals surface area contributed by atoms with Crippen molar-refractivity contribution < 1.29 is 0 Å². The second-order valence-electron chi connectivity index (χ2n) is 5.69. The molecule has 2 saturated heterocycles. The summed E-state index contributed by atoms with van der Waals surface area (Å²) in [5, 5.41) is 3.86. The van der Waals surface area contributed by atoms with E-state index in [1.807, 2.05) is 0 Å². The zero-order valence-electron chi connectivity index (χ0n) is 10.2. The average Bonchev–Trinajstić information content (AvgIpc) is 2.77. The molecule has 0 unspecified atom stereocenters. The SMILES string of the molecule is C1=C[C@H](N[C@H]2CCN3CCC[C@H]3C2)CCC1. The molecule has 2 nitrogen and oxygen atoms in total. The van der Waals surface area contributed by atoms with E-state index in [1.165, 1.54) is 58.0 Å². The van der Waals surface area contributed by atoms with Crippen LogP contribution in [0.2, 0.25) is 0 Å². The van der Waals surface area contributed by atoms with Crippen LogP contribution < -0.4 is 5.32 Å². The van der Waals surface area contributed by atoms with Gasteiger partial charge in [-0.3, -0.25) is 0 Å². The van der Waals surface area contributed by atoms with Gasteiger partial charge in [0.1, 0.15) is 0 Å². The van der Waals surface area contributed by atoms with Crippen LogP contribution in [0.25, 0.3) is 0 Å². The van der Waals surface area contributed by atoms with E-state index in [-0.39, 0.29) is 0 Å². The van der Waals surface area contributed by atoms with Crippen LogP contribution >= 0.6 is 0 Å². The van der Waals surface area contributed by atoms with Crippen molar-refractivity contribution in [3.05, 3.63) is 12.2 Å². The van der Waals surface area contributed by atoms with Crippen LogP contribution in [0.1, 0.15) is 44.9 Å². The molecule has 3 aliphatic rings. The highest BCUT2D eigenvalue weighted by atomic mass is 15.2. The largest absolute Gasteiger partial charge is 0.308 e. The number of nitrogens with one attached hydrogen (secondary N) is 1. The third-order valence-electron chi connectivity index (χ3n) is 4.52. The quantitative estimate of drug-likeness (QED) is 0.718. The van der Waals surface area contributed by atoms with Gasteiger partial charge in [0.25, 0.3) is 0 Å². The molecule has 0 aromatic rings. The zero-order valence-corrected chi connectivity index (χ0v) is 10.2. The normalized spacial score (nSPS) is 39.9. The number of nitrogens with zero attached hydrogens (tertiary/aromatic N) is 1. The number of fused-ring (bicyclic) bond motifs is 1. The monoisotopic (exact) mass is 220 g/mol. The number of hydrogen-bond donors (Lipinski definition) is 1. The van der Waals surface area contributed by atoms with Crippen LogP contribution in [0.4, 0.5) is 0 Å². The first kappa shape index (κ1) is 10.8. The van der Waals surface area contributed by atoms with Gasteiger partial charge in [-0.15, -0.1) is 0 Å². The Morgan fingerprint density at radius 1 is 1.06 bits per heavy atom. The van der Waals surface area contributed by atoms with Crippen LogP contribution in [0, 0.1) is 0 Å². The Morgan fingerprint density at radius 2 is 2.06 bits per heavy atom. The van der Waals surface area contributed by atoms with Gasteiger partial charge in [0.15, 0.2) is 0 Å². The minimum Gasteiger partial charge on any atom is -0.308 e. The van der Waals surface area contributed by atoms with Crippen LogP contribution in [0.5, 0.6) is 0 Å². The van der Waals surface area contributed by atoms with Gasteiger partial charge in [0.2, 0.25) is 0 Å². The van der Waals surface area contributed by atoms with Crippen LogP contribution in [0.3, 0.4) is 0 Å². The second-order valence-corrected chi connectivity index (χ2v) is 5.69. The maximum absolute atomic E-state index is 3.86. The summed E-state index contributed by atoms with van der Waals surface area (Å²) in [6.45, 7) is 2.69. The van der Waals surface area contributed by atoms with Crippen LogP contribution in [-0.4, -0.2) is 36.1 Å². The summed E-state index contributed by atoms with van der Waals surface area (Å²) in [6, 6.07) is 2.36. The van der Waals surface area contributed by atoms with Crippen LogP contribution in [0.15, 0.2) is 12.2 Å². The highest BCUT2D eigenvalue weighted by Gasteiger charge is 2.32. The Balaban J connectivity index is 1.52. The summed E-state index contributed by atoms with van der Waals surface area (Å²) >= 11 is 0. The molecule has 0 amide bonds. The molecular formula is C14H24N2. The molecule has 3 atom stereocenters. The predicted octanol–water partition coefficient (Wildman–Crippen LogP) is 2.31. The maximum Gasteiger partial charge on any atom is 0.0252 e. The first-order valence-electron chi connectivity index (χ1n) is 7.08. The van der Waals surface area contributed by atoms with Gasteiger partial charge in [0, 0.05) is 18.1 Å². The lowest BCUT2D eigenvalue weighted by Gasteiger charge is -2.37. The van der Waals surface area contributed by atoms with Crippen molar-refractivity contribution >= 4 is 0 Å². The second kappa shape index (κ2) is 4.89. The highest BCUT2D eigenvalue weighted by Crippen LogP contribution is 2.27. The van der Waals surface area contributed by atoms with Gasteiger partial charge in [-0.2, -0.15) is 0 Å². The van der Waals surface area contributed by atoms with E-state index in [0.29, 0.717) is 6.04 Å². The molecule has 2 heterocycles. The Morgan fingerprint density at radius 3 is 2.94 bits per heavy atom. The standard InChI is InChI=1S/C14H24N2/c1-2-5-12(6-3-1)15-13-8-10-16-9-4-7-14(16)11-13/h2,5,12-15H,1,3-4,6-11H2/t12-,13-,14-/m0/s1. The fraction of sp³-hybridized carbons (Fsp3) is 0.857. The lowest BCUT2D eigenvalue weighted by atomic mass is 9.95. The molecule has 0 radical (unpaired) electrons. The number of piperidine rings is 1. The molecule has 0 saturated carbocycles. The first-order valence-corrected chi connectivity index (χ1v) is 7.08. The molecule has 0 spiro atoms. The van der Waals surface area contributed by atoms with Crippen molar-refractivity contribution in [3.8, 4) is 0 Å². The van der Waals surface area contributed by atoms with E-state index < -0.39 is 0 Å². The Kier molecular flexibility index (Phi) is 3.30. The average molecular weight is 220 g/mol. The van der Waals surface area contributed by atoms with Gasteiger partial charge in [-0.25, -0.2) is 0 Å². The predicted molar refractivity (Wildman–Crippen MR) is 67.5 cm³/mol. The molecule has 90 valence electrons. The van der Waals surface area contributed by atoms with E-state index in [0.717, 1.165) is 12.1 Å². The van der Waals surface area contributed by atoms with Crippen molar-refractivity contribution in [1.29, 1.82) is 0 Å². The molecule has 2 aliphatic heterocycles. The summed E-state index contributed by atoms with van der Waals surface area (Å²) in [7, 11) is 0. The number of rotatable bonds is 2. The number of allylic oxidation sites excluding steroid dienone is 1. The lowest BCUT2D eigenvalue weighted by molar-refractivity contribution is 0.162. The first-order chi connectivity index (χ1) is 7.92. The topological polar surface area (TPSA) is 15.3 Å². The van der Waals surface area contributed by atoms with Crippen molar-refractivity contribution in [2.24, 2.45) is 0 Å². The Labute approximate surface area is 99.1 Å². The summed E-state index contributed by atoms with van der Waals surface area (Å²) in [5.74, 6) is 0. The van der Waals surface area contributed by atoms with Crippen molar-refractivity contribution in [2.45, 2.75) is 63.1 Å². The van der Waals surface area contributed by atoms with Gasteiger partial charge in [-0.1, -0.05) is 12.2 Å². The third kappa shape index (κ3) is 2.33. The molecule has 1 aliphatic carbocycles. The van der Waals surface area contributed by atoms with Gasteiger partial charge < -0.3 is 10.2 Å². The smallest absolute Gasteiger partial charge is 0.0252 e. The molecule has 16 heavy (non-hydrogen) atoms. The Hall–Kier alpha value is -0.340. The van der Waals surface area contributed by atoms with Gasteiger partial charge in [0.05, 0.1) is 0 Å². The van der Waals surface area contributed by atoms with Crippen LogP contribution in [-0.2, 0) is 0 Å². The highest BCUT2D eigenvalue weighted by molar-refractivity contribution is 5.00. The molecule has 0 aromatic carbocycles. The molecule has 2 fully saturated rings. The molecular weight excluding hydrogens is 196 g/mol. The van der Waals surface area contributed by atoms with E-state index in [4.69, 9.17) is 0 Å². The summed E-state index contributed by atoms with van der Waals surface area (Å²) < 4.78 is 0. The molecule has 0 bridgehead atoms. The lowest BCUT2D eigenvalue weighted by Crippen LogP contribution is -2.48. The van der Waals surface area contributed by atoms with Gasteiger partial charge in [-0.05, 0) is 58.0 Å². The van der Waals surface area contributed by atoms with Crippen molar-refractivity contribution in [1.82, 2.24) is 10.2 Å². The van der Waals surface area contributed by atoms with E-state index in [2.05, 4.69) is 22.4 Å². The van der Waals surface area contributed by atoms with Crippen molar-refractivity contribution in [2.75, 3.05) is 13.1 Å². The molecule has 2 heteroatoms. The minimum atomic E-state index is 0.673. The summed E-state index contributed by atoms with van der Waals surface area (Å²) in [5.41, 5.74) is 0.